The fraction of sp³-hybridized carbons (Fsp3) is 0.167. The molecule has 4 heteroatoms. The first-order valence-electron chi connectivity index (χ1n) is 2.90. The van der Waals surface area contributed by atoms with Crippen molar-refractivity contribution in [2.75, 3.05) is 0 Å². The van der Waals surface area contributed by atoms with Gasteiger partial charge in [-0.15, -0.1) is 5.10 Å². The highest BCUT2D eigenvalue weighted by Crippen LogP contribution is 2.14. The predicted octanol–water partition coefficient (Wildman–Crippen LogP) is 0.878. The van der Waals surface area contributed by atoms with Crippen LogP contribution in [0.5, 0.6) is 0 Å². The molecule has 0 spiro atoms. The van der Waals surface area contributed by atoms with Gasteiger partial charge in [0.2, 0.25) is 0 Å². The number of rotatable bonds is 0. The van der Waals surface area contributed by atoms with Gasteiger partial charge in [0.05, 0.1) is 11.9 Å². The van der Waals surface area contributed by atoms with E-state index in [2.05, 4.69) is 15.2 Å². The molecule has 4 nitrogen and oxygen atoms in total. The van der Waals surface area contributed by atoms with Gasteiger partial charge in [-0.05, 0) is 6.92 Å². The van der Waals surface area contributed by atoms with Crippen LogP contribution in [0.25, 0.3) is 11.6 Å². The summed E-state index contributed by atoms with van der Waals surface area (Å²) >= 11 is 0. The van der Waals surface area contributed by atoms with E-state index in [4.69, 9.17) is 4.42 Å². The van der Waals surface area contributed by atoms with Crippen molar-refractivity contribution >= 4 is 0 Å². The normalized spacial score (nSPS) is 10.5. The zero-order chi connectivity index (χ0) is 6.97. The Morgan fingerprint density at radius 2 is 2.40 bits per heavy atom. The van der Waals surface area contributed by atoms with E-state index in [0.717, 1.165) is 5.69 Å². The zero-order valence-electron chi connectivity index (χ0n) is 5.40. The van der Waals surface area contributed by atoms with Gasteiger partial charge >= 0.3 is 0 Å². The third-order valence-corrected chi connectivity index (χ3v) is 1.19. The molecule has 0 aliphatic carbocycles. The average molecular weight is 135 g/mol. The highest BCUT2D eigenvalue weighted by atomic mass is 16.3. The maximum absolute atomic E-state index is 5.05. The monoisotopic (exact) mass is 135 g/mol. The lowest BCUT2D eigenvalue weighted by Gasteiger charge is -1.93. The molecule has 0 radical (unpaired) electrons. The first-order chi connectivity index (χ1) is 4.86. The van der Waals surface area contributed by atoms with Crippen LogP contribution in [-0.4, -0.2) is 15.2 Å². The molecule has 2 heterocycles. The molecule has 0 unspecified atom stereocenters. The molecule has 0 aromatic carbocycles. The second-order valence-electron chi connectivity index (χ2n) is 2.02. The summed E-state index contributed by atoms with van der Waals surface area (Å²) in [4.78, 5) is 4.12. The first-order valence-corrected chi connectivity index (χ1v) is 2.90. The average Bonchev–Trinajstić information content (AvgIpc) is 2.33. The summed E-state index contributed by atoms with van der Waals surface area (Å²) in [6.07, 6.45) is 3.13. The Kier molecular flexibility index (Phi) is 0.943. The van der Waals surface area contributed by atoms with E-state index in [1.165, 1.54) is 0 Å². The third-order valence-electron chi connectivity index (χ3n) is 1.19. The summed E-state index contributed by atoms with van der Waals surface area (Å²) in [6.45, 7) is 1.86. The highest BCUT2D eigenvalue weighted by Gasteiger charge is 2.07. The topological polar surface area (TPSA) is 51.8 Å². The van der Waals surface area contributed by atoms with E-state index in [0.29, 0.717) is 11.6 Å². The van der Waals surface area contributed by atoms with E-state index in [1.807, 2.05) is 6.92 Å². The molecule has 2 aliphatic rings. The Labute approximate surface area is 57.3 Å². The summed E-state index contributed by atoms with van der Waals surface area (Å²) in [5, 5.41) is 7.32. The van der Waals surface area contributed by atoms with E-state index >= 15 is 0 Å². The van der Waals surface area contributed by atoms with Crippen molar-refractivity contribution in [1.82, 2.24) is 15.2 Å². The van der Waals surface area contributed by atoms with Gasteiger partial charge in [-0.3, -0.25) is 0 Å². The molecule has 0 aromatic rings. The van der Waals surface area contributed by atoms with Crippen molar-refractivity contribution in [3.8, 4) is 11.6 Å². The molecule has 0 bridgehead atoms. The summed E-state index contributed by atoms with van der Waals surface area (Å²) in [7, 11) is 0. The van der Waals surface area contributed by atoms with Crippen LogP contribution in [0.1, 0.15) is 5.69 Å². The van der Waals surface area contributed by atoms with Crippen LogP contribution in [0.15, 0.2) is 16.9 Å². The summed E-state index contributed by atoms with van der Waals surface area (Å²) in [5.41, 5.74) is 1.54. The minimum absolute atomic E-state index is 0.491. The van der Waals surface area contributed by atoms with Gasteiger partial charge in [0.25, 0.3) is 5.89 Å². The Bertz CT molecular complexity index is 317. The van der Waals surface area contributed by atoms with Gasteiger partial charge in [-0.25, -0.2) is 4.98 Å². The lowest BCUT2D eigenvalue weighted by atomic mass is 10.4. The maximum atomic E-state index is 5.05. The van der Waals surface area contributed by atoms with Gasteiger partial charge < -0.3 is 4.42 Å². The number of hydrogen-bond donors (Lipinski definition) is 0. The van der Waals surface area contributed by atoms with Crippen molar-refractivity contribution in [3.05, 3.63) is 18.2 Å². The van der Waals surface area contributed by atoms with E-state index < -0.39 is 0 Å². The van der Waals surface area contributed by atoms with E-state index in [-0.39, 0.29) is 0 Å². The maximum Gasteiger partial charge on any atom is 0.266 e. The molecule has 0 amide bonds. The van der Waals surface area contributed by atoms with Crippen molar-refractivity contribution in [2.45, 2.75) is 6.92 Å². The molecule has 0 aromatic heterocycles. The van der Waals surface area contributed by atoms with Crippen LogP contribution >= 0.6 is 0 Å². The molecule has 0 saturated carbocycles. The fourth-order valence-corrected chi connectivity index (χ4v) is 0.761. The molecule has 10 heavy (non-hydrogen) atoms. The van der Waals surface area contributed by atoms with Crippen LogP contribution in [0.3, 0.4) is 0 Å². The van der Waals surface area contributed by atoms with Gasteiger partial charge in [0.1, 0.15) is 12.0 Å². The number of aryl methyl sites for hydroxylation is 1. The molecule has 50 valence electrons. The van der Waals surface area contributed by atoms with Crippen molar-refractivity contribution in [3.63, 3.8) is 0 Å². The number of fused-ring (bicyclic) bond motifs is 1. The summed E-state index contributed by atoms with van der Waals surface area (Å²) in [6, 6.07) is 0. The number of aromatic nitrogens is 3. The lowest BCUT2D eigenvalue weighted by molar-refractivity contribution is 0.533. The standard InChI is InChI=1S/C6H5N3O/c1-4-3-10-6-5(8-4)2-7-9-6/h2-3H,1H3. The molecular weight excluding hydrogens is 130 g/mol. The number of hydrogen-bond acceptors (Lipinski definition) is 4. The first kappa shape index (κ1) is 5.34. The van der Waals surface area contributed by atoms with Crippen LogP contribution in [0, 0.1) is 6.92 Å². The second-order valence-corrected chi connectivity index (χ2v) is 2.02. The predicted molar refractivity (Wildman–Crippen MR) is 33.5 cm³/mol. The summed E-state index contributed by atoms with van der Waals surface area (Å²) < 4.78 is 5.05. The number of nitrogens with zero attached hydrogens (tertiary/aromatic N) is 3. The molecular formula is C6H5N3O. The summed E-state index contributed by atoms with van der Waals surface area (Å²) in [5.74, 6) is 0.491. The van der Waals surface area contributed by atoms with Gasteiger partial charge in [-0.2, -0.15) is 5.10 Å². The molecule has 0 fully saturated rings. The van der Waals surface area contributed by atoms with Crippen LogP contribution in [0.2, 0.25) is 0 Å². The van der Waals surface area contributed by atoms with E-state index in [1.54, 1.807) is 12.5 Å². The quantitative estimate of drug-likeness (QED) is 0.538. The molecule has 0 atom stereocenters. The Hall–Kier alpha value is -1.45. The van der Waals surface area contributed by atoms with Crippen molar-refractivity contribution < 1.29 is 4.42 Å². The molecule has 2 rings (SSSR count). The SMILES string of the molecule is Cc1coc2nncc-2n1. The Morgan fingerprint density at radius 1 is 1.50 bits per heavy atom. The molecule has 2 aliphatic heterocycles. The molecule has 0 N–H and O–H groups in total. The zero-order valence-corrected chi connectivity index (χ0v) is 5.40. The fourth-order valence-electron chi connectivity index (χ4n) is 0.761. The van der Waals surface area contributed by atoms with Crippen LogP contribution in [0.4, 0.5) is 0 Å². The Balaban J connectivity index is 2.75. The largest absolute Gasteiger partial charge is 0.442 e. The lowest BCUT2D eigenvalue weighted by Crippen LogP contribution is -1.84. The van der Waals surface area contributed by atoms with Gasteiger partial charge in [0.15, 0.2) is 0 Å². The second kappa shape index (κ2) is 1.76. The third kappa shape index (κ3) is 0.655. The van der Waals surface area contributed by atoms with E-state index in [9.17, 15) is 0 Å². The van der Waals surface area contributed by atoms with Gasteiger partial charge in [0, 0.05) is 0 Å². The Morgan fingerprint density at radius 3 is 3.30 bits per heavy atom. The smallest absolute Gasteiger partial charge is 0.266 e. The van der Waals surface area contributed by atoms with Crippen molar-refractivity contribution in [1.29, 1.82) is 0 Å². The minimum Gasteiger partial charge on any atom is -0.442 e. The minimum atomic E-state index is 0.491. The van der Waals surface area contributed by atoms with Crippen LogP contribution in [-0.2, 0) is 0 Å². The van der Waals surface area contributed by atoms with Gasteiger partial charge in [-0.1, -0.05) is 0 Å². The van der Waals surface area contributed by atoms with Crippen LogP contribution < -0.4 is 0 Å². The highest BCUT2D eigenvalue weighted by molar-refractivity contribution is 5.45. The van der Waals surface area contributed by atoms with Crippen molar-refractivity contribution in [2.24, 2.45) is 0 Å². The molecule has 0 saturated heterocycles.